The molecule has 5 heteroatoms. The lowest BCUT2D eigenvalue weighted by Gasteiger charge is -2.27. The van der Waals surface area contributed by atoms with Crippen LogP contribution in [0.1, 0.15) is 24.4 Å². The first-order valence-electron chi connectivity index (χ1n) is 5.93. The van der Waals surface area contributed by atoms with Crippen molar-refractivity contribution in [1.29, 1.82) is 0 Å². The van der Waals surface area contributed by atoms with Crippen LogP contribution in [0.15, 0.2) is 16.6 Å². The highest BCUT2D eigenvalue weighted by Crippen LogP contribution is 2.41. The Labute approximate surface area is 114 Å². The summed E-state index contributed by atoms with van der Waals surface area (Å²) in [5.41, 5.74) is 0.0469. The van der Waals surface area contributed by atoms with E-state index in [1.807, 2.05) is 0 Å². The number of halogens is 3. The van der Waals surface area contributed by atoms with E-state index in [1.165, 1.54) is 12.1 Å². The Morgan fingerprint density at radius 1 is 1.39 bits per heavy atom. The van der Waals surface area contributed by atoms with Crippen molar-refractivity contribution >= 4 is 15.9 Å². The SMILES string of the molecule is CNC(c1c(F)ccc(Br)c1F)C(OC)C1CC1. The summed E-state index contributed by atoms with van der Waals surface area (Å²) in [7, 11) is 3.28. The Morgan fingerprint density at radius 2 is 2.06 bits per heavy atom. The highest BCUT2D eigenvalue weighted by Gasteiger charge is 2.39. The maximum absolute atomic E-state index is 14.1. The van der Waals surface area contributed by atoms with Gasteiger partial charge < -0.3 is 10.1 Å². The standard InChI is InChI=1S/C13H16BrF2NO/c1-17-12(13(18-2)7-3-4-7)10-9(15)6-5-8(14)11(10)16/h5-7,12-13,17H,3-4H2,1-2H3. The first kappa shape index (κ1) is 13.9. The molecular weight excluding hydrogens is 304 g/mol. The third-order valence-corrected chi connectivity index (χ3v) is 4.00. The Kier molecular flexibility index (Phi) is 4.35. The quantitative estimate of drug-likeness (QED) is 0.840. The number of nitrogens with one attached hydrogen (secondary N) is 1. The molecule has 0 bridgehead atoms. The molecule has 0 radical (unpaired) electrons. The van der Waals surface area contributed by atoms with E-state index in [9.17, 15) is 8.78 Å². The van der Waals surface area contributed by atoms with Gasteiger partial charge in [0.15, 0.2) is 0 Å². The predicted octanol–water partition coefficient (Wildman–Crippen LogP) is 3.41. The highest BCUT2D eigenvalue weighted by atomic mass is 79.9. The van der Waals surface area contributed by atoms with Crippen LogP contribution in [-0.4, -0.2) is 20.3 Å². The van der Waals surface area contributed by atoms with Gasteiger partial charge in [0.2, 0.25) is 0 Å². The van der Waals surface area contributed by atoms with Crippen molar-refractivity contribution in [2.45, 2.75) is 25.0 Å². The largest absolute Gasteiger partial charge is 0.379 e. The normalized spacial score (nSPS) is 18.7. The molecule has 18 heavy (non-hydrogen) atoms. The third-order valence-electron chi connectivity index (χ3n) is 3.39. The van der Waals surface area contributed by atoms with Crippen molar-refractivity contribution in [2.75, 3.05) is 14.2 Å². The number of hydrogen-bond donors (Lipinski definition) is 1. The topological polar surface area (TPSA) is 21.3 Å². The monoisotopic (exact) mass is 319 g/mol. The summed E-state index contributed by atoms with van der Waals surface area (Å²) in [4.78, 5) is 0. The second-order valence-electron chi connectivity index (χ2n) is 4.56. The zero-order valence-corrected chi connectivity index (χ0v) is 11.9. The van der Waals surface area contributed by atoms with E-state index in [2.05, 4.69) is 21.2 Å². The summed E-state index contributed by atoms with van der Waals surface area (Å²) in [5, 5.41) is 2.97. The molecule has 1 aromatic carbocycles. The number of likely N-dealkylation sites (N-methyl/N-ethyl adjacent to an activating group) is 1. The van der Waals surface area contributed by atoms with Crippen LogP contribution in [0, 0.1) is 17.6 Å². The molecule has 2 atom stereocenters. The highest BCUT2D eigenvalue weighted by molar-refractivity contribution is 9.10. The van der Waals surface area contributed by atoms with Crippen LogP contribution < -0.4 is 5.32 Å². The van der Waals surface area contributed by atoms with Crippen LogP contribution in [0.25, 0.3) is 0 Å². The van der Waals surface area contributed by atoms with Crippen molar-refractivity contribution in [2.24, 2.45) is 5.92 Å². The lowest BCUT2D eigenvalue weighted by atomic mass is 9.97. The summed E-state index contributed by atoms with van der Waals surface area (Å²) in [5.74, 6) is -0.722. The molecule has 1 saturated carbocycles. The van der Waals surface area contributed by atoms with E-state index < -0.39 is 17.7 Å². The summed E-state index contributed by atoms with van der Waals surface area (Å²) < 4.78 is 33.7. The van der Waals surface area contributed by atoms with Gasteiger partial charge in [0.25, 0.3) is 0 Å². The van der Waals surface area contributed by atoms with E-state index in [4.69, 9.17) is 4.74 Å². The molecule has 0 amide bonds. The van der Waals surface area contributed by atoms with Crippen molar-refractivity contribution in [3.8, 4) is 0 Å². The van der Waals surface area contributed by atoms with E-state index in [-0.39, 0.29) is 16.1 Å². The van der Waals surface area contributed by atoms with Gasteiger partial charge in [0.05, 0.1) is 16.6 Å². The predicted molar refractivity (Wildman–Crippen MR) is 69.4 cm³/mol. The summed E-state index contributed by atoms with van der Waals surface area (Å²) >= 11 is 3.09. The second kappa shape index (κ2) is 5.63. The van der Waals surface area contributed by atoms with Gasteiger partial charge in [0, 0.05) is 12.7 Å². The Morgan fingerprint density at radius 3 is 2.56 bits per heavy atom. The maximum atomic E-state index is 14.1. The van der Waals surface area contributed by atoms with Crippen molar-refractivity contribution in [3.63, 3.8) is 0 Å². The average molecular weight is 320 g/mol. The van der Waals surface area contributed by atoms with Gasteiger partial charge in [-0.1, -0.05) is 0 Å². The minimum absolute atomic E-state index is 0.0469. The molecular formula is C13H16BrF2NO. The lowest BCUT2D eigenvalue weighted by Crippen LogP contribution is -2.34. The Hall–Kier alpha value is -0.520. The number of methoxy groups -OCH3 is 1. The molecule has 1 aliphatic carbocycles. The molecule has 2 unspecified atom stereocenters. The Balaban J connectivity index is 2.40. The minimum Gasteiger partial charge on any atom is -0.379 e. The van der Waals surface area contributed by atoms with Crippen LogP contribution in [0.5, 0.6) is 0 Å². The Bertz CT molecular complexity index is 437. The molecule has 1 N–H and O–H groups in total. The fourth-order valence-electron chi connectivity index (χ4n) is 2.33. The molecule has 0 aromatic heterocycles. The first-order valence-corrected chi connectivity index (χ1v) is 6.73. The van der Waals surface area contributed by atoms with E-state index in [0.717, 1.165) is 12.8 Å². The van der Waals surface area contributed by atoms with Crippen LogP contribution in [0.2, 0.25) is 0 Å². The molecule has 0 spiro atoms. The molecule has 1 aliphatic rings. The molecule has 0 aliphatic heterocycles. The van der Waals surface area contributed by atoms with Gasteiger partial charge in [-0.05, 0) is 53.9 Å². The van der Waals surface area contributed by atoms with E-state index in [0.29, 0.717) is 5.92 Å². The van der Waals surface area contributed by atoms with Gasteiger partial charge in [-0.15, -0.1) is 0 Å². The zero-order chi connectivity index (χ0) is 13.3. The molecule has 1 fully saturated rings. The van der Waals surface area contributed by atoms with Crippen LogP contribution >= 0.6 is 15.9 Å². The molecule has 1 aromatic rings. The second-order valence-corrected chi connectivity index (χ2v) is 5.42. The molecule has 0 saturated heterocycles. The minimum atomic E-state index is -0.558. The summed E-state index contributed by atoms with van der Waals surface area (Å²) in [6.45, 7) is 0. The van der Waals surface area contributed by atoms with Gasteiger partial charge in [-0.3, -0.25) is 0 Å². The van der Waals surface area contributed by atoms with Crippen molar-refractivity contribution in [1.82, 2.24) is 5.32 Å². The first-order chi connectivity index (χ1) is 8.60. The number of rotatable bonds is 5. The molecule has 2 rings (SSSR count). The van der Waals surface area contributed by atoms with Crippen LogP contribution in [0.4, 0.5) is 8.78 Å². The lowest BCUT2D eigenvalue weighted by molar-refractivity contribution is 0.0508. The average Bonchev–Trinajstić information content (AvgIpc) is 3.17. The van der Waals surface area contributed by atoms with Gasteiger partial charge in [0.1, 0.15) is 11.6 Å². The smallest absolute Gasteiger partial charge is 0.145 e. The van der Waals surface area contributed by atoms with Crippen molar-refractivity contribution < 1.29 is 13.5 Å². The maximum Gasteiger partial charge on any atom is 0.145 e. The van der Waals surface area contributed by atoms with Crippen LogP contribution in [-0.2, 0) is 4.74 Å². The zero-order valence-electron chi connectivity index (χ0n) is 10.3. The van der Waals surface area contributed by atoms with Crippen LogP contribution in [0.3, 0.4) is 0 Å². The van der Waals surface area contributed by atoms with Gasteiger partial charge >= 0.3 is 0 Å². The van der Waals surface area contributed by atoms with E-state index in [1.54, 1.807) is 14.2 Å². The van der Waals surface area contributed by atoms with Gasteiger partial charge in [-0.2, -0.15) is 0 Å². The number of ether oxygens (including phenoxy) is 1. The van der Waals surface area contributed by atoms with Gasteiger partial charge in [-0.25, -0.2) is 8.78 Å². The molecule has 2 nitrogen and oxygen atoms in total. The number of benzene rings is 1. The third kappa shape index (κ3) is 2.58. The fourth-order valence-corrected chi connectivity index (χ4v) is 2.67. The van der Waals surface area contributed by atoms with Crippen molar-refractivity contribution in [3.05, 3.63) is 33.8 Å². The summed E-state index contributed by atoms with van der Waals surface area (Å²) in [6, 6.07) is 2.17. The summed E-state index contributed by atoms with van der Waals surface area (Å²) in [6.07, 6.45) is 1.90. The molecule has 100 valence electrons. The fraction of sp³-hybridized carbons (Fsp3) is 0.538. The molecule has 0 heterocycles. The number of hydrogen-bond acceptors (Lipinski definition) is 2. The van der Waals surface area contributed by atoms with E-state index >= 15 is 0 Å².